The van der Waals surface area contributed by atoms with Crippen molar-refractivity contribution < 1.29 is 10.2 Å². The average Bonchev–Trinajstić information content (AvgIpc) is 2.09. The molecule has 1 unspecified atom stereocenters. The van der Waals surface area contributed by atoms with Crippen molar-refractivity contribution in [1.82, 2.24) is 0 Å². The summed E-state index contributed by atoms with van der Waals surface area (Å²) in [5.74, 6) is 0.253. The van der Waals surface area contributed by atoms with Crippen LogP contribution in [0.25, 0.3) is 0 Å². The minimum absolute atomic E-state index is 0.253. The zero-order valence-electron chi connectivity index (χ0n) is 8.62. The minimum Gasteiger partial charge on any atom is -0.508 e. The number of aromatic hydroxyl groups is 1. The number of phenolic OH excluding ortho intramolecular Hbond substituents is 1. The lowest BCUT2D eigenvalue weighted by Gasteiger charge is -2.22. The van der Waals surface area contributed by atoms with Gasteiger partial charge in [0.1, 0.15) is 5.75 Å². The smallest absolute Gasteiger partial charge is 0.118 e. The van der Waals surface area contributed by atoms with Gasteiger partial charge in [-0.3, -0.25) is 0 Å². The highest BCUT2D eigenvalue weighted by atomic mass is 16.3. The van der Waals surface area contributed by atoms with E-state index >= 15 is 0 Å². The van der Waals surface area contributed by atoms with Gasteiger partial charge in [-0.1, -0.05) is 12.1 Å². The van der Waals surface area contributed by atoms with Crippen molar-refractivity contribution in [2.24, 2.45) is 0 Å². The van der Waals surface area contributed by atoms with Crippen molar-refractivity contribution in [3.8, 4) is 5.75 Å². The van der Waals surface area contributed by atoms with Crippen LogP contribution in [0, 0.1) is 6.92 Å². The van der Waals surface area contributed by atoms with E-state index in [2.05, 4.69) is 6.58 Å². The van der Waals surface area contributed by atoms with Crippen LogP contribution in [0.4, 0.5) is 0 Å². The van der Waals surface area contributed by atoms with Gasteiger partial charge in [0.15, 0.2) is 0 Å². The van der Waals surface area contributed by atoms with Crippen LogP contribution in [0.15, 0.2) is 30.9 Å². The summed E-state index contributed by atoms with van der Waals surface area (Å²) in [6.45, 7) is 7.15. The van der Waals surface area contributed by atoms with Crippen LogP contribution in [0.3, 0.4) is 0 Å². The molecule has 0 radical (unpaired) electrons. The fraction of sp³-hybridized carbons (Fsp3) is 0.333. The fourth-order valence-corrected chi connectivity index (χ4v) is 1.39. The second kappa shape index (κ2) is 3.84. The van der Waals surface area contributed by atoms with Crippen molar-refractivity contribution in [1.29, 1.82) is 0 Å². The Morgan fingerprint density at radius 1 is 1.50 bits per heavy atom. The minimum atomic E-state index is -0.903. The van der Waals surface area contributed by atoms with Crippen molar-refractivity contribution in [2.75, 3.05) is 0 Å². The third-order valence-electron chi connectivity index (χ3n) is 2.36. The predicted octanol–water partition coefficient (Wildman–Crippen LogP) is 2.48. The molecule has 14 heavy (non-hydrogen) atoms. The molecule has 0 aliphatic heterocycles. The highest BCUT2D eigenvalue weighted by molar-refractivity contribution is 5.37. The molecule has 0 saturated carbocycles. The molecule has 1 atom stereocenters. The summed E-state index contributed by atoms with van der Waals surface area (Å²) in [5.41, 5.74) is 0.666. The molecule has 0 aromatic heterocycles. The molecule has 0 amide bonds. The maximum atomic E-state index is 10.0. The van der Waals surface area contributed by atoms with E-state index in [1.54, 1.807) is 31.2 Å². The molecule has 2 N–H and O–H groups in total. The Balaban J connectivity index is 3.07. The van der Waals surface area contributed by atoms with E-state index in [4.69, 9.17) is 0 Å². The second-order valence-electron chi connectivity index (χ2n) is 3.77. The van der Waals surface area contributed by atoms with E-state index in [1.165, 1.54) is 0 Å². The number of benzene rings is 1. The van der Waals surface area contributed by atoms with Crippen LogP contribution >= 0.6 is 0 Å². The topological polar surface area (TPSA) is 40.5 Å². The lowest BCUT2D eigenvalue weighted by atomic mass is 9.91. The van der Waals surface area contributed by atoms with Crippen molar-refractivity contribution in [3.63, 3.8) is 0 Å². The van der Waals surface area contributed by atoms with E-state index in [1.807, 2.05) is 6.92 Å². The Morgan fingerprint density at radius 2 is 2.14 bits per heavy atom. The molecule has 0 spiro atoms. The second-order valence-corrected chi connectivity index (χ2v) is 3.77. The molecule has 0 saturated heterocycles. The maximum Gasteiger partial charge on any atom is 0.118 e. The Labute approximate surface area is 84.5 Å². The summed E-state index contributed by atoms with van der Waals surface area (Å²) in [5, 5.41) is 19.4. The molecule has 0 aliphatic carbocycles. The first-order valence-electron chi connectivity index (χ1n) is 4.61. The standard InChI is InChI=1S/C12H16O2/c1-4-7-12(3,14)10-5-6-11(13)9(2)8-10/h4-6,8,13-14H,1,7H2,2-3H3. The van der Waals surface area contributed by atoms with Crippen LogP contribution in [0.1, 0.15) is 24.5 Å². The fourth-order valence-electron chi connectivity index (χ4n) is 1.39. The lowest BCUT2D eigenvalue weighted by molar-refractivity contribution is 0.0605. The first-order chi connectivity index (χ1) is 6.47. The molecular formula is C12H16O2. The first-order valence-corrected chi connectivity index (χ1v) is 4.61. The number of aryl methyl sites for hydroxylation is 1. The van der Waals surface area contributed by atoms with Gasteiger partial charge >= 0.3 is 0 Å². The quantitative estimate of drug-likeness (QED) is 0.722. The molecular weight excluding hydrogens is 176 g/mol. The largest absolute Gasteiger partial charge is 0.508 e. The van der Waals surface area contributed by atoms with E-state index in [-0.39, 0.29) is 5.75 Å². The summed E-state index contributed by atoms with van der Waals surface area (Å²) in [6.07, 6.45) is 2.18. The number of phenols is 1. The summed E-state index contributed by atoms with van der Waals surface area (Å²) < 4.78 is 0. The van der Waals surface area contributed by atoms with Crippen LogP contribution in [-0.2, 0) is 5.60 Å². The highest BCUT2D eigenvalue weighted by Gasteiger charge is 2.21. The van der Waals surface area contributed by atoms with Gasteiger partial charge in [-0.25, -0.2) is 0 Å². The molecule has 1 aromatic rings. The molecule has 76 valence electrons. The van der Waals surface area contributed by atoms with Gasteiger partial charge < -0.3 is 10.2 Å². The number of hydrogen-bond donors (Lipinski definition) is 2. The molecule has 1 rings (SSSR count). The average molecular weight is 192 g/mol. The van der Waals surface area contributed by atoms with Gasteiger partial charge in [-0.05, 0) is 43.5 Å². The molecule has 1 aromatic carbocycles. The van der Waals surface area contributed by atoms with Crippen LogP contribution in [0.5, 0.6) is 5.75 Å². The number of rotatable bonds is 3. The molecule has 0 bridgehead atoms. The number of aliphatic hydroxyl groups is 1. The van der Waals surface area contributed by atoms with Crippen LogP contribution < -0.4 is 0 Å². The van der Waals surface area contributed by atoms with Crippen molar-refractivity contribution in [2.45, 2.75) is 25.9 Å². The SMILES string of the molecule is C=CCC(C)(O)c1ccc(O)c(C)c1. The van der Waals surface area contributed by atoms with Gasteiger partial charge in [0.05, 0.1) is 5.60 Å². The third kappa shape index (κ3) is 2.15. The van der Waals surface area contributed by atoms with Crippen LogP contribution in [-0.4, -0.2) is 10.2 Å². The molecule has 2 heteroatoms. The predicted molar refractivity (Wildman–Crippen MR) is 57.2 cm³/mol. The Hall–Kier alpha value is -1.28. The van der Waals surface area contributed by atoms with Crippen LogP contribution in [0.2, 0.25) is 0 Å². The zero-order valence-corrected chi connectivity index (χ0v) is 8.62. The highest BCUT2D eigenvalue weighted by Crippen LogP contribution is 2.28. The summed E-state index contributed by atoms with van der Waals surface area (Å²) >= 11 is 0. The van der Waals surface area contributed by atoms with E-state index < -0.39 is 5.60 Å². The van der Waals surface area contributed by atoms with Crippen molar-refractivity contribution >= 4 is 0 Å². The molecule has 0 fully saturated rings. The lowest BCUT2D eigenvalue weighted by Crippen LogP contribution is -2.19. The van der Waals surface area contributed by atoms with Crippen molar-refractivity contribution in [3.05, 3.63) is 42.0 Å². The molecule has 0 heterocycles. The summed E-state index contributed by atoms with van der Waals surface area (Å²) in [6, 6.07) is 5.12. The van der Waals surface area contributed by atoms with Gasteiger partial charge in [-0.15, -0.1) is 6.58 Å². The molecule has 2 nitrogen and oxygen atoms in total. The van der Waals surface area contributed by atoms with Gasteiger partial charge in [0, 0.05) is 0 Å². The zero-order chi connectivity index (χ0) is 10.8. The maximum absolute atomic E-state index is 10.0. The van der Waals surface area contributed by atoms with E-state index in [0.717, 1.165) is 11.1 Å². The van der Waals surface area contributed by atoms with Gasteiger partial charge in [-0.2, -0.15) is 0 Å². The summed E-state index contributed by atoms with van der Waals surface area (Å²) in [7, 11) is 0. The Kier molecular flexibility index (Phi) is 2.96. The first kappa shape index (κ1) is 10.8. The van der Waals surface area contributed by atoms with E-state index in [0.29, 0.717) is 6.42 Å². The van der Waals surface area contributed by atoms with E-state index in [9.17, 15) is 10.2 Å². The normalized spacial score (nSPS) is 14.8. The Morgan fingerprint density at radius 3 is 2.64 bits per heavy atom. The molecule has 0 aliphatic rings. The number of hydrogen-bond acceptors (Lipinski definition) is 2. The summed E-state index contributed by atoms with van der Waals surface area (Å²) in [4.78, 5) is 0. The van der Waals surface area contributed by atoms with Gasteiger partial charge in [0.2, 0.25) is 0 Å². The third-order valence-corrected chi connectivity index (χ3v) is 2.36. The van der Waals surface area contributed by atoms with Gasteiger partial charge in [0.25, 0.3) is 0 Å². The Bertz CT molecular complexity index is 340. The monoisotopic (exact) mass is 192 g/mol.